The third kappa shape index (κ3) is 11.0. The van der Waals surface area contributed by atoms with Crippen molar-refractivity contribution in [2.24, 2.45) is 0 Å². The van der Waals surface area contributed by atoms with Crippen LogP contribution in [-0.2, 0) is 39.8 Å². The molecule has 1 fully saturated rings. The molecule has 2 amide bonds. The topological polar surface area (TPSA) is 234 Å². The molecule has 0 aromatic heterocycles. The van der Waals surface area contributed by atoms with Gasteiger partial charge in [0.2, 0.25) is 11.8 Å². The molecule has 3 rings (SSSR count). The largest absolute Gasteiger partial charge is 0.508 e. The molecular weight excluding hydrogens is 620 g/mol. The van der Waals surface area contributed by atoms with Gasteiger partial charge in [-0.3, -0.25) is 9.59 Å². The van der Waals surface area contributed by atoms with Crippen molar-refractivity contribution in [2.45, 2.75) is 49.1 Å². The summed E-state index contributed by atoms with van der Waals surface area (Å²) in [5.41, 5.74) is 2.24. The van der Waals surface area contributed by atoms with Crippen molar-refractivity contribution in [2.75, 3.05) is 46.2 Å². The van der Waals surface area contributed by atoms with Gasteiger partial charge in [0, 0.05) is 13.0 Å². The molecule has 1 aliphatic rings. The van der Waals surface area contributed by atoms with E-state index in [9.17, 15) is 45.0 Å². The molecule has 47 heavy (non-hydrogen) atoms. The van der Waals surface area contributed by atoms with Crippen molar-refractivity contribution in [3.63, 3.8) is 0 Å². The number of aliphatic carboxylic acids is 1. The number of rotatable bonds is 18. The average Bonchev–Trinajstić information content (AvgIpc) is 3.05. The number of nitrogens with one attached hydrogen (secondary N) is 2. The van der Waals surface area contributed by atoms with Gasteiger partial charge in [-0.15, -0.1) is 6.42 Å². The quantitative estimate of drug-likeness (QED) is 0.0675. The number of phenols is 1. The zero-order valence-corrected chi connectivity index (χ0v) is 25.5. The summed E-state index contributed by atoms with van der Waals surface area (Å²) in [6.45, 7) is -1.50. The first-order valence-corrected chi connectivity index (χ1v) is 14.7. The number of phenolic OH excluding ortho intramolecular Hbond substituents is 1. The number of aliphatic hydroxyl groups is 4. The first-order chi connectivity index (χ1) is 22.5. The molecule has 1 saturated heterocycles. The SMILES string of the molecule is C#CCOCCOCCO[C@]1(C(=O)O)C[C@H](O)[C@@H](NC(=O)CO)[C@H]([C@H](O)[C@H](O)CNC(=O)Cc2ccc(-c3cccc(O)c3)cc2)O1. The Labute approximate surface area is 271 Å². The highest BCUT2D eigenvalue weighted by atomic mass is 16.7. The van der Waals surface area contributed by atoms with Gasteiger partial charge in [-0.05, 0) is 28.8 Å². The fraction of sp³-hybridized carbons (Fsp3) is 0.469. The van der Waals surface area contributed by atoms with E-state index in [0.717, 1.165) is 11.1 Å². The van der Waals surface area contributed by atoms with Crippen LogP contribution in [0.15, 0.2) is 48.5 Å². The van der Waals surface area contributed by atoms with Crippen molar-refractivity contribution >= 4 is 17.8 Å². The zero-order valence-electron chi connectivity index (χ0n) is 25.5. The Hall–Kier alpha value is -4.11. The van der Waals surface area contributed by atoms with Crippen LogP contribution in [0.5, 0.6) is 5.75 Å². The summed E-state index contributed by atoms with van der Waals surface area (Å²) in [7, 11) is 0. The summed E-state index contributed by atoms with van der Waals surface area (Å²) in [6, 6.07) is 12.2. The van der Waals surface area contributed by atoms with Gasteiger partial charge >= 0.3 is 5.97 Å². The highest BCUT2D eigenvalue weighted by molar-refractivity contribution is 5.79. The minimum absolute atomic E-state index is 0.0783. The molecule has 15 nitrogen and oxygen atoms in total. The number of carbonyl (C=O) groups excluding carboxylic acids is 2. The smallest absolute Gasteiger partial charge is 0.364 e. The molecule has 0 saturated carbocycles. The van der Waals surface area contributed by atoms with Gasteiger partial charge in [0.25, 0.3) is 5.79 Å². The highest BCUT2D eigenvalue weighted by Gasteiger charge is 2.55. The predicted octanol–water partition coefficient (Wildman–Crippen LogP) is -1.47. The molecule has 0 aliphatic carbocycles. The number of aliphatic hydroxyl groups excluding tert-OH is 4. The molecule has 0 spiro atoms. The first-order valence-electron chi connectivity index (χ1n) is 14.7. The van der Waals surface area contributed by atoms with Crippen LogP contribution >= 0.6 is 0 Å². The van der Waals surface area contributed by atoms with Crippen molar-refractivity contribution in [3.05, 3.63) is 54.1 Å². The van der Waals surface area contributed by atoms with Crippen LogP contribution in [0, 0.1) is 12.3 Å². The van der Waals surface area contributed by atoms with E-state index in [1.807, 2.05) is 6.07 Å². The third-order valence-corrected chi connectivity index (χ3v) is 7.23. The normalized spacial score (nSPS) is 22.1. The lowest BCUT2D eigenvalue weighted by Gasteiger charge is -2.46. The van der Waals surface area contributed by atoms with Crippen molar-refractivity contribution in [1.82, 2.24) is 10.6 Å². The number of amides is 2. The number of hydrogen-bond acceptors (Lipinski definition) is 12. The van der Waals surface area contributed by atoms with Crippen molar-refractivity contribution in [1.29, 1.82) is 0 Å². The van der Waals surface area contributed by atoms with Gasteiger partial charge in [0.1, 0.15) is 31.2 Å². The predicted molar refractivity (Wildman–Crippen MR) is 164 cm³/mol. The van der Waals surface area contributed by atoms with Crippen LogP contribution in [0.4, 0.5) is 0 Å². The Morgan fingerprint density at radius 3 is 2.38 bits per heavy atom. The molecule has 8 N–H and O–H groups in total. The van der Waals surface area contributed by atoms with E-state index in [0.29, 0.717) is 5.56 Å². The number of hydrogen-bond donors (Lipinski definition) is 8. The average molecular weight is 661 g/mol. The van der Waals surface area contributed by atoms with Crippen LogP contribution < -0.4 is 10.6 Å². The van der Waals surface area contributed by atoms with E-state index >= 15 is 0 Å². The molecule has 1 aliphatic heterocycles. The summed E-state index contributed by atoms with van der Waals surface area (Å²) in [5.74, 6) is -3.23. The second-order valence-electron chi connectivity index (χ2n) is 10.7. The standard InChI is InChI=1S/C32H40N2O13/c1-2-10-44-11-12-45-13-14-46-32(31(42)43)17-24(37)28(34-27(40)19-35)30(47-32)29(41)25(38)18-33-26(39)15-20-6-8-21(9-7-20)22-4-3-5-23(36)16-22/h1,3-9,16,24-25,28-30,35-38,41H,10-15,17-19H2,(H,33,39)(H,34,40)(H,42,43)/t24-,25+,28+,29+,30+,32+/m0/s1. The number of benzene rings is 2. The summed E-state index contributed by atoms with van der Waals surface area (Å²) < 4.78 is 21.5. The molecule has 6 atom stereocenters. The Kier molecular flexibility index (Phi) is 14.5. The minimum atomic E-state index is -2.51. The Balaban J connectivity index is 1.62. The maximum Gasteiger partial charge on any atom is 0.364 e. The van der Waals surface area contributed by atoms with E-state index in [-0.39, 0.29) is 45.2 Å². The third-order valence-electron chi connectivity index (χ3n) is 7.23. The lowest BCUT2D eigenvalue weighted by atomic mass is 9.88. The van der Waals surface area contributed by atoms with E-state index < -0.39 is 73.6 Å². The number of aromatic hydroxyl groups is 1. The van der Waals surface area contributed by atoms with Crippen LogP contribution in [0.1, 0.15) is 12.0 Å². The van der Waals surface area contributed by atoms with Gasteiger partial charge in [0.15, 0.2) is 0 Å². The monoisotopic (exact) mass is 660 g/mol. The van der Waals surface area contributed by atoms with Crippen molar-refractivity contribution < 1.29 is 64.0 Å². The molecule has 0 unspecified atom stereocenters. The first kappa shape index (κ1) is 37.3. The Morgan fingerprint density at radius 2 is 1.72 bits per heavy atom. The van der Waals surface area contributed by atoms with Gasteiger partial charge in [-0.25, -0.2) is 4.79 Å². The summed E-state index contributed by atoms with van der Waals surface area (Å²) >= 11 is 0. The van der Waals surface area contributed by atoms with Gasteiger partial charge in [-0.1, -0.05) is 42.3 Å². The van der Waals surface area contributed by atoms with Gasteiger partial charge in [-0.2, -0.15) is 0 Å². The minimum Gasteiger partial charge on any atom is -0.508 e. The fourth-order valence-electron chi connectivity index (χ4n) is 4.87. The van der Waals surface area contributed by atoms with E-state index in [2.05, 4.69) is 16.6 Å². The van der Waals surface area contributed by atoms with Gasteiger partial charge in [0.05, 0.1) is 51.1 Å². The Morgan fingerprint density at radius 1 is 1.02 bits per heavy atom. The maximum absolute atomic E-state index is 12.6. The zero-order chi connectivity index (χ0) is 34.4. The summed E-state index contributed by atoms with van der Waals surface area (Å²) in [4.78, 5) is 36.9. The van der Waals surface area contributed by atoms with Crippen LogP contribution in [0.2, 0.25) is 0 Å². The van der Waals surface area contributed by atoms with E-state index in [1.54, 1.807) is 42.5 Å². The van der Waals surface area contributed by atoms with E-state index in [4.69, 9.17) is 25.4 Å². The molecule has 1 heterocycles. The number of carboxylic acids is 1. The van der Waals surface area contributed by atoms with Gasteiger partial charge < -0.3 is 60.2 Å². The Bertz CT molecular complexity index is 1370. The molecule has 0 radical (unpaired) electrons. The van der Waals surface area contributed by atoms with Crippen LogP contribution in [0.25, 0.3) is 11.1 Å². The molecule has 2 aromatic carbocycles. The maximum atomic E-state index is 12.6. The molecule has 15 heteroatoms. The fourth-order valence-corrected chi connectivity index (χ4v) is 4.87. The summed E-state index contributed by atoms with van der Waals surface area (Å²) in [5, 5.41) is 66.3. The molecule has 2 aromatic rings. The summed E-state index contributed by atoms with van der Waals surface area (Å²) in [6.07, 6.45) is -2.83. The molecule has 256 valence electrons. The molecule has 0 bridgehead atoms. The second-order valence-corrected chi connectivity index (χ2v) is 10.7. The van der Waals surface area contributed by atoms with Crippen LogP contribution in [-0.4, -0.2) is 131 Å². The number of carboxylic acid groups (broad SMARTS) is 1. The number of ether oxygens (including phenoxy) is 4. The lowest BCUT2D eigenvalue weighted by Crippen LogP contribution is -2.68. The lowest BCUT2D eigenvalue weighted by molar-refractivity contribution is -0.312. The second kappa shape index (κ2) is 18.3. The number of carbonyl (C=O) groups is 3. The highest BCUT2D eigenvalue weighted by Crippen LogP contribution is 2.33. The molecular formula is C32H40N2O13. The number of terminal acetylenes is 1. The van der Waals surface area contributed by atoms with Crippen LogP contribution in [0.3, 0.4) is 0 Å². The van der Waals surface area contributed by atoms with E-state index in [1.165, 1.54) is 0 Å². The van der Waals surface area contributed by atoms with Crippen molar-refractivity contribution in [3.8, 4) is 29.2 Å².